The molecule has 2 heteroatoms. The first kappa shape index (κ1) is 7.56. The van der Waals surface area contributed by atoms with Crippen molar-refractivity contribution < 1.29 is 9.84 Å². The van der Waals surface area contributed by atoms with Gasteiger partial charge >= 0.3 is 0 Å². The van der Waals surface area contributed by atoms with Crippen LogP contribution in [0.15, 0.2) is 0 Å². The molecule has 3 unspecified atom stereocenters. The maximum Gasteiger partial charge on any atom is 0.0813 e. The summed E-state index contributed by atoms with van der Waals surface area (Å²) in [5.74, 6) is 0.765. The summed E-state index contributed by atoms with van der Waals surface area (Å²) < 4.78 is 5.66. The zero-order valence-corrected chi connectivity index (χ0v) is 6.83. The number of fused-ring (bicyclic) bond motifs is 1. The van der Waals surface area contributed by atoms with Gasteiger partial charge in [-0.2, -0.15) is 0 Å². The van der Waals surface area contributed by atoms with E-state index in [-0.39, 0.29) is 12.7 Å². The predicted molar refractivity (Wildman–Crippen MR) is 42.3 cm³/mol. The summed E-state index contributed by atoms with van der Waals surface area (Å²) >= 11 is 0. The standard InChI is InChI=1S/C9H16O2/c10-6-8-5-7-3-1-2-4-9(7)11-8/h7-10H,1-6H2. The predicted octanol–water partition coefficient (Wildman–Crippen LogP) is 1.33. The van der Waals surface area contributed by atoms with Crippen molar-refractivity contribution in [3.05, 3.63) is 0 Å². The smallest absolute Gasteiger partial charge is 0.0813 e. The average Bonchev–Trinajstić information content (AvgIpc) is 2.46. The van der Waals surface area contributed by atoms with Crippen molar-refractivity contribution in [3.8, 4) is 0 Å². The van der Waals surface area contributed by atoms with Gasteiger partial charge in [-0.05, 0) is 25.2 Å². The first-order valence-corrected chi connectivity index (χ1v) is 4.66. The molecule has 3 atom stereocenters. The lowest BCUT2D eigenvalue weighted by Gasteiger charge is -2.23. The summed E-state index contributed by atoms with van der Waals surface area (Å²) in [4.78, 5) is 0. The summed E-state index contributed by atoms with van der Waals surface area (Å²) in [6.07, 6.45) is 6.97. The highest BCUT2D eigenvalue weighted by Gasteiger charge is 2.35. The number of ether oxygens (including phenoxy) is 1. The van der Waals surface area contributed by atoms with Gasteiger partial charge in [-0.25, -0.2) is 0 Å². The zero-order valence-electron chi connectivity index (χ0n) is 6.83. The molecule has 0 aromatic heterocycles. The summed E-state index contributed by atoms with van der Waals surface area (Å²) in [7, 11) is 0. The van der Waals surface area contributed by atoms with Gasteiger partial charge in [-0.1, -0.05) is 12.8 Å². The van der Waals surface area contributed by atoms with Gasteiger partial charge in [0.15, 0.2) is 0 Å². The van der Waals surface area contributed by atoms with Crippen molar-refractivity contribution >= 4 is 0 Å². The Kier molecular flexibility index (Phi) is 2.14. The van der Waals surface area contributed by atoms with Gasteiger partial charge in [-0.15, -0.1) is 0 Å². The van der Waals surface area contributed by atoms with Gasteiger partial charge in [0.2, 0.25) is 0 Å². The van der Waals surface area contributed by atoms with Crippen LogP contribution >= 0.6 is 0 Å². The van der Waals surface area contributed by atoms with E-state index in [1.807, 2.05) is 0 Å². The Morgan fingerprint density at radius 1 is 1.27 bits per heavy atom. The SMILES string of the molecule is OCC1CC2CCCCC2O1. The van der Waals surface area contributed by atoms with Gasteiger partial charge in [0, 0.05) is 0 Å². The van der Waals surface area contributed by atoms with Crippen LogP contribution < -0.4 is 0 Å². The molecule has 1 saturated heterocycles. The molecule has 0 bridgehead atoms. The fourth-order valence-electron chi connectivity index (χ4n) is 2.38. The highest BCUT2D eigenvalue weighted by Crippen LogP contribution is 2.36. The summed E-state index contributed by atoms with van der Waals surface area (Å²) in [5.41, 5.74) is 0. The van der Waals surface area contributed by atoms with Crippen LogP contribution in [-0.4, -0.2) is 23.9 Å². The Labute approximate surface area is 67.6 Å². The molecule has 2 rings (SSSR count). The number of hydrogen-bond acceptors (Lipinski definition) is 2. The minimum atomic E-state index is 0.156. The lowest BCUT2D eigenvalue weighted by molar-refractivity contribution is -0.00558. The third kappa shape index (κ3) is 1.42. The van der Waals surface area contributed by atoms with Gasteiger partial charge in [0.05, 0.1) is 18.8 Å². The van der Waals surface area contributed by atoms with Crippen LogP contribution in [0.1, 0.15) is 32.1 Å². The van der Waals surface area contributed by atoms with Gasteiger partial charge in [-0.3, -0.25) is 0 Å². The second-order valence-corrected chi connectivity index (χ2v) is 3.76. The molecule has 2 nitrogen and oxygen atoms in total. The van der Waals surface area contributed by atoms with Gasteiger partial charge in [0.1, 0.15) is 0 Å². The third-order valence-electron chi connectivity index (χ3n) is 2.98. The van der Waals surface area contributed by atoms with Crippen molar-refractivity contribution in [2.24, 2.45) is 5.92 Å². The van der Waals surface area contributed by atoms with Crippen molar-refractivity contribution in [2.45, 2.75) is 44.3 Å². The van der Waals surface area contributed by atoms with E-state index in [2.05, 4.69) is 0 Å². The minimum Gasteiger partial charge on any atom is -0.394 e. The van der Waals surface area contributed by atoms with Gasteiger partial charge < -0.3 is 9.84 Å². The molecule has 0 aromatic rings. The number of hydrogen-bond donors (Lipinski definition) is 1. The van der Waals surface area contributed by atoms with E-state index in [4.69, 9.17) is 9.84 Å². The molecule has 0 radical (unpaired) electrons. The van der Waals surface area contributed by atoms with Crippen molar-refractivity contribution in [3.63, 3.8) is 0 Å². The molecule has 1 aliphatic carbocycles. The molecule has 0 spiro atoms. The Balaban J connectivity index is 1.92. The van der Waals surface area contributed by atoms with E-state index in [0.717, 1.165) is 12.3 Å². The molecule has 0 aromatic carbocycles. The van der Waals surface area contributed by atoms with E-state index in [1.54, 1.807) is 0 Å². The highest BCUT2D eigenvalue weighted by molar-refractivity contribution is 4.84. The Hall–Kier alpha value is -0.0800. The topological polar surface area (TPSA) is 29.5 Å². The van der Waals surface area contributed by atoms with E-state index < -0.39 is 0 Å². The lowest BCUT2D eigenvalue weighted by Crippen LogP contribution is -2.20. The Morgan fingerprint density at radius 3 is 2.82 bits per heavy atom. The summed E-state index contributed by atoms with van der Waals surface area (Å²) in [5, 5.41) is 8.89. The maximum absolute atomic E-state index is 8.89. The van der Waals surface area contributed by atoms with Crippen LogP contribution in [-0.2, 0) is 4.74 Å². The van der Waals surface area contributed by atoms with E-state index >= 15 is 0 Å². The van der Waals surface area contributed by atoms with Crippen LogP contribution in [0.3, 0.4) is 0 Å². The average molecular weight is 156 g/mol. The van der Waals surface area contributed by atoms with Crippen LogP contribution in [0.25, 0.3) is 0 Å². The fraction of sp³-hybridized carbons (Fsp3) is 1.00. The molecule has 64 valence electrons. The maximum atomic E-state index is 8.89. The molecule has 1 saturated carbocycles. The zero-order chi connectivity index (χ0) is 7.68. The van der Waals surface area contributed by atoms with Crippen molar-refractivity contribution in [1.29, 1.82) is 0 Å². The second-order valence-electron chi connectivity index (χ2n) is 3.76. The molecule has 2 aliphatic rings. The van der Waals surface area contributed by atoms with Crippen molar-refractivity contribution in [1.82, 2.24) is 0 Å². The summed E-state index contributed by atoms with van der Waals surface area (Å²) in [6, 6.07) is 0. The number of aliphatic hydroxyl groups excluding tert-OH is 1. The second kappa shape index (κ2) is 3.11. The summed E-state index contributed by atoms with van der Waals surface area (Å²) in [6.45, 7) is 0.215. The highest BCUT2D eigenvalue weighted by atomic mass is 16.5. The van der Waals surface area contributed by atoms with Gasteiger partial charge in [0.25, 0.3) is 0 Å². The van der Waals surface area contributed by atoms with Crippen LogP contribution in [0, 0.1) is 5.92 Å². The number of rotatable bonds is 1. The van der Waals surface area contributed by atoms with Crippen LogP contribution in [0.4, 0.5) is 0 Å². The minimum absolute atomic E-state index is 0.156. The van der Waals surface area contributed by atoms with Crippen molar-refractivity contribution in [2.75, 3.05) is 6.61 Å². The molecule has 1 N–H and O–H groups in total. The Morgan fingerprint density at radius 2 is 2.09 bits per heavy atom. The molecule has 11 heavy (non-hydrogen) atoms. The first-order valence-electron chi connectivity index (χ1n) is 4.66. The van der Waals surface area contributed by atoms with E-state index in [0.29, 0.717) is 6.10 Å². The molecule has 2 fully saturated rings. The van der Waals surface area contributed by atoms with E-state index in [9.17, 15) is 0 Å². The Bertz CT molecular complexity index is 122. The third-order valence-corrected chi connectivity index (χ3v) is 2.98. The van der Waals surface area contributed by atoms with Crippen LogP contribution in [0.5, 0.6) is 0 Å². The first-order chi connectivity index (χ1) is 5.40. The van der Waals surface area contributed by atoms with E-state index in [1.165, 1.54) is 25.7 Å². The molecular formula is C9H16O2. The molecule has 0 amide bonds. The molecular weight excluding hydrogens is 140 g/mol. The lowest BCUT2D eigenvalue weighted by atomic mass is 9.85. The largest absolute Gasteiger partial charge is 0.394 e. The quantitative estimate of drug-likeness (QED) is 0.620. The van der Waals surface area contributed by atoms with Crippen LogP contribution in [0.2, 0.25) is 0 Å². The normalized spacial score (nSPS) is 43.9. The monoisotopic (exact) mass is 156 g/mol. The molecule has 1 aliphatic heterocycles. The fourth-order valence-corrected chi connectivity index (χ4v) is 2.38. The molecule has 1 heterocycles. The number of aliphatic hydroxyl groups is 1.